The summed E-state index contributed by atoms with van der Waals surface area (Å²) < 4.78 is 25.6. The summed E-state index contributed by atoms with van der Waals surface area (Å²) in [7, 11) is -3.44. The molecule has 1 rings (SSSR count). The lowest BCUT2D eigenvalue weighted by Crippen LogP contribution is -2.16. The number of nitrogens with one attached hydrogen (secondary N) is 1. The minimum Gasteiger partial charge on any atom is -0.478 e. The number of rotatable bonds is 6. The third kappa shape index (κ3) is 4.19. The Hall–Kier alpha value is -1.27. The lowest BCUT2D eigenvalue weighted by atomic mass is 10.2. The molecule has 0 saturated heterocycles. The number of anilines is 1. The van der Waals surface area contributed by atoms with Crippen LogP contribution >= 0.6 is 11.6 Å². The summed E-state index contributed by atoms with van der Waals surface area (Å²) in [6, 6.07) is 3.98. The lowest BCUT2D eigenvalue weighted by molar-refractivity contribution is 0.0697. The third-order valence-electron chi connectivity index (χ3n) is 2.24. The highest BCUT2D eigenvalue weighted by molar-refractivity contribution is 7.92. The molecule has 0 aliphatic carbocycles. The Morgan fingerprint density at radius 2 is 2.11 bits per heavy atom. The van der Waals surface area contributed by atoms with E-state index in [9.17, 15) is 13.2 Å². The number of carbonyl (C=O) groups is 1. The van der Waals surface area contributed by atoms with Crippen molar-refractivity contribution in [2.45, 2.75) is 19.8 Å². The Morgan fingerprint density at radius 1 is 1.44 bits per heavy atom. The molecule has 18 heavy (non-hydrogen) atoms. The predicted molar refractivity (Wildman–Crippen MR) is 70.7 cm³/mol. The first-order valence-corrected chi connectivity index (χ1v) is 7.42. The van der Waals surface area contributed by atoms with E-state index in [1.165, 1.54) is 18.2 Å². The van der Waals surface area contributed by atoms with Gasteiger partial charge < -0.3 is 5.11 Å². The van der Waals surface area contributed by atoms with E-state index in [2.05, 4.69) is 4.72 Å². The van der Waals surface area contributed by atoms with E-state index < -0.39 is 16.0 Å². The SMILES string of the molecule is CCCCS(=O)(=O)Nc1ccc(Cl)c(C(=O)O)c1. The summed E-state index contributed by atoms with van der Waals surface area (Å²) in [5, 5.41) is 8.94. The molecule has 0 spiro atoms. The molecule has 0 radical (unpaired) electrons. The first kappa shape index (κ1) is 14.8. The molecule has 0 atom stereocenters. The van der Waals surface area contributed by atoms with Gasteiger partial charge in [0.25, 0.3) is 0 Å². The summed E-state index contributed by atoms with van der Waals surface area (Å²) in [6.07, 6.45) is 1.32. The predicted octanol–water partition coefficient (Wildman–Crippen LogP) is 2.58. The summed E-state index contributed by atoms with van der Waals surface area (Å²) in [5.74, 6) is -1.19. The van der Waals surface area contributed by atoms with Crippen LogP contribution in [0.4, 0.5) is 5.69 Å². The van der Waals surface area contributed by atoms with Crippen LogP contribution in [0.25, 0.3) is 0 Å². The zero-order valence-electron chi connectivity index (χ0n) is 9.81. The number of benzene rings is 1. The molecule has 1 aromatic rings. The van der Waals surface area contributed by atoms with E-state index in [-0.39, 0.29) is 22.0 Å². The number of halogens is 1. The number of unbranched alkanes of at least 4 members (excludes halogenated alkanes) is 1. The fourth-order valence-corrected chi connectivity index (χ4v) is 2.77. The van der Waals surface area contributed by atoms with E-state index in [0.29, 0.717) is 6.42 Å². The quantitative estimate of drug-likeness (QED) is 0.844. The number of hydrogen-bond acceptors (Lipinski definition) is 3. The van der Waals surface area contributed by atoms with Crippen molar-refractivity contribution >= 4 is 33.3 Å². The van der Waals surface area contributed by atoms with Gasteiger partial charge in [0.05, 0.1) is 16.3 Å². The average molecular weight is 292 g/mol. The Kier molecular flexibility index (Phi) is 4.98. The van der Waals surface area contributed by atoms with Gasteiger partial charge in [-0.2, -0.15) is 0 Å². The Balaban J connectivity index is 2.92. The molecule has 5 nitrogen and oxygen atoms in total. The van der Waals surface area contributed by atoms with Crippen LogP contribution in [0.1, 0.15) is 30.1 Å². The second-order valence-corrected chi connectivity index (χ2v) is 6.02. The van der Waals surface area contributed by atoms with E-state index in [0.717, 1.165) is 6.42 Å². The first-order valence-electron chi connectivity index (χ1n) is 5.39. The van der Waals surface area contributed by atoms with Gasteiger partial charge in [-0.05, 0) is 24.6 Å². The standard InChI is InChI=1S/C11H14ClNO4S/c1-2-3-6-18(16,17)13-8-4-5-10(12)9(7-8)11(14)15/h4-5,7,13H,2-3,6H2,1H3,(H,14,15). The van der Waals surface area contributed by atoms with Crippen molar-refractivity contribution in [3.05, 3.63) is 28.8 Å². The fraction of sp³-hybridized carbons (Fsp3) is 0.364. The van der Waals surface area contributed by atoms with Crippen LogP contribution in [0.5, 0.6) is 0 Å². The Labute approximate surface area is 111 Å². The fourth-order valence-electron chi connectivity index (χ4n) is 1.32. The largest absolute Gasteiger partial charge is 0.478 e. The first-order chi connectivity index (χ1) is 8.35. The molecule has 2 N–H and O–H groups in total. The van der Waals surface area contributed by atoms with E-state index in [1.807, 2.05) is 6.92 Å². The highest BCUT2D eigenvalue weighted by Gasteiger charge is 2.13. The summed E-state index contributed by atoms with van der Waals surface area (Å²) >= 11 is 5.69. The van der Waals surface area contributed by atoms with Gasteiger partial charge in [-0.25, -0.2) is 13.2 Å². The van der Waals surface area contributed by atoms with Gasteiger partial charge in [0.1, 0.15) is 0 Å². The smallest absolute Gasteiger partial charge is 0.337 e. The number of hydrogen-bond donors (Lipinski definition) is 2. The summed E-state index contributed by atoms with van der Waals surface area (Å²) in [5.41, 5.74) is 0.0697. The molecule has 0 fully saturated rings. The third-order valence-corrected chi connectivity index (χ3v) is 3.94. The van der Waals surface area contributed by atoms with Crippen LogP contribution in [0.3, 0.4) is 0 Å². The average Bonchev–Trinajstić information content (AvgIpc) is 2.28. The van der Waals surface area contributed by atoms with Crippen molar-refractivity contribution in [1.82, 2.24) is 0 Å². The van der Waals surface area contributed by atoms with Gasteiger partial charge in [-0.3, -0.25) is 4.72 Å². The topological polar surface area (TPSA) is 83.5 Å². The zero-order valence-corrected chi connectivity index (χ0v) is 11.4. The maximum Gasteiger partial charge on any atom is 0.337 e. The number of carboxylic acid groups (broad SMARTS) is 1. The second-order valence-electron chi connectivity index (χ2n) is 3.77. The molecule has 0 aliphatic heterocycles. The van der Waals surface area contributed by atoms with Gasteiger partial charge in [0, 0.05) is 5.69 Å². The summed E-state index contributed by atoms with van der Waals surface area (Å²) in [4.78, 5) is 10.8. The number of sulfonamides is 1. The monoisotopic (exact) mass is 291 g/mol. The van der Waals surface area contributed by atoms with Crippen molar-refractivity contribution in [2.24, 2.45) is 0 Å². The van der Waals surface area contributed by atoms with Crippen molar-refractivity contribution in [3.63, 3.8) is 0 Å². The Bertz CT molecular complexity index is 542. The van der Waals surface area contributed by atoms with Gasteiger partial charge in [-0.1, -0.05) is 24.9 Å². The highest BCUT2D eigenvalue weighted by atomic mass is 35.5. The molecular weight excluding hydrogens is 278 g/mol. The zero-order chi connectivity index (χ0) is 13.8. The molecule has 100 valence electrons. The van der Waals surface area contributed by atoms with Crippen LogP contribution in [-0.4, -0.2) is 25.2 Å². The van der Waals surface area contributed by atoms with Crippen molar-refractivity contribution in [1.29, 1.82) is 0 Å². The minimum absolute atomic E-state index is 0.00846. The van der Waals surface area contributed by atoms with Crippen LogP contribution in [0.2, 0.25) is 5.02 Å². The maximum absolute atomic E-state index is 11.6. The van der Waals surface area contributed by atoms with Crippen LogP contribution < -0.4 is 4.72 Å². The van der Waals surface area contributed by atoms with Crippen LogP contribution in [0, 0.1) is 0 Å². The van der Waals surface area contributed by atoms with Crippen molar-refractivity contribution < 1.29 is 18.3 Å². The second kappa shape index (κ2) is 6.06. The van der Waals surface area contributed by atoms with E-state index in [1.54, 1.807) is 0 Å². The van der Waals surface area contributed by atoms with Crippen LogP contribution in [0.15, 0.2) is 18.2 Å². The summed E-state index contributed by atoms with van der Waals surface area (Å²) in [6.45, 7) is 1.89. The normalized spacial score (nSPS) is 11.2. The van der Waals surface area contributed by atoms with Gasteiger partial charge >= 0.3 is 5.97 Å². The molecule has 0 aliphatic rings. The van der Waals surface area contributed by atoms with Gasteiger partial charge in [-0.15, -0.1) is 0 Å². The highest BCUT2D eigenvalue weighted by Crippen LogP contribution is 2.21. The molecular formula is C11H14ClNO4S. The Morgan fingerprint density at radius 3 is 2.67 bits per heavy atom. The van der Waals surface area contributed by atoms with Crippen molar-refractivity contribution in [2.75, 3.05) is 10.5 Å². The number of carboxylic acids is 1. The number of aromatic carboxylic acids is 1. The molecule has 1 aromatic carbocycles. The van der Waals surface area contributed by atoms with E-state index >= 15 is 0 Å². The lowest BCUT2D eigenvalue weighted by Gasteiger charge is -2.08. The molecule has 7 heteroatoms. The van der Waals surface area contributed by atoms with Crippen LogP contribution in [-0.2, 0) is 10.0 Å². The molecule has 0 aromatic heterocycles. The maximum atomic E-state index is 11.6. The molecule has 0 unspecified atom stereocenters. The van der Waals surface area contributed by atoms with Crippen molar-refractivity contribution in [3.8, 4) is 0 Å². The molecule has 0 bridgehead atoms. The van der Waals surface area contributed by atoms with E-state index in [4.69, 9.17) is 16.7 Å². The van der Waals surface area contributed by atoms with Gasteiger partial charge in [0.2, 0.25) is 10.0 Å². The minimum atomic E-state index is -3.44. The van der Waals surface area contributed by atoms with Gasteiger partial charge in [0.15, 0.2) is 0 Å². The molecule has 0 saturated carbocycles. The molecule has 0 heterocycles. The molecule has 0 amide bonds.